The summed E-state index contributed by atoms with van der Waals surface area (Å²) in [7, 11) is 0. The van der Waals surface area contributed by atoms with Crippen LogP contribution in [0.15, 0.2) is 0 Å². The summed E-state index contributed by atoms with van der Waals surface area (Å²) in [5, 5.41) is 2.38. The Kier molecular flexibility index (Phi) is 1.72. The molecule has 13 heavy (non-hydrogen) atoms. The zero-order chi connectivity index (χ0) is 9.64. The highest BCUT2D eigenvalue weighted by Crippen LogP contribution is 2.51. The molecular weight excluding hydrogens is 166 g/mol. The fourth-order valence-electron chi connectivity index (χ4n) is 2.53. The summed E-state index contributed by atoms with van der Waals surface area (Å²) in [5.41, 5.74) is 0.257. The molecule has 2 fully saturated rings. The van der Waals surface area contributed by atoms with Crippen LogP contribution >= 0.6 is 0 Å². The fourth-order valence-corrected chi connectivity index (χ4v) is 2.53. The van der Waals surface area contributed by atoms with E-state index in [1.165, 1.54) is 6.42 Å². The largest absolute Gasteiger partial charge is 0.296 e. The third kappa shape index (κ3) is 1.26. The van der Waals surface area contributed by atoms with Gasteiger partial charge in [0.1, 0.15) is 0 Å². The van der Waals surface area contributed by atoms with Crippen LogP contribution in [0, 0.1) is 17.3 Å². The molecule has 1 aliphatic carbocycles. The van der Waals surface area contributed by atoms with E-state index in [2.05, 4.69) is 19.2 Å². The summed E-state index contributed by atoms with van der Waals surface area (Å²) in [5.74, 6) is 0.218. The summed E-state index contributed by atoms with van der Waals surface area (Å²) in [6.07, 6.45) is 2.68. The van der Waals surface area contributed by atoms with Crippen LogP contribution in [-0.2, 0) is 9.59 Å². The van der Waals surface area contributed by atoms with Gasteiger partial charge in [0.25, 0.3) is 0 Å². The molecule has 2 atom stereocenters. The first-order valence-corrected chi connectivity index (χ1v) is 4.84. The van der Waals surface area contributed by atoms with Crippen molar-refractivity contribution < 1.29 is 9.59 Å². The van der Waals surface area contributed by atoms with E-state index >= 15 is 0 Å². The summed E-state index contributed by atoms with van der Waals surface area (Å²) < 4.78 is 0. The highest BCUT2D eigenvalue weighted by atomic mass is 16.2. The van der Waals surface area contributed by atoms with Crippen molar-refractivity contribution in [3.05, 3.63) is 0 Å². The van der Waals surface area contributed by atoms with Crippen LogP contribution in [0.4, 0.5) is 0 Å². The highest BCUT2D eigenvalue weighted by Gasteiger charge is 2.48. The van der Waals surface area contributed by atoms with E-state index in [1.807, 2.05) is 0 Å². The van der Waals surface area contributed by atoms with E-state index in [0.29, 0.717) is 12.3 Å². The second-order valence-corrected chi connectivity index (χ2v) is 4.86. The highest BCUT2D eigenvalue weighted by molar-refractivity contribution is 6.03. The molecule has 0 aromatic rings. The lowest BCUT2D eigenvalue weighted by atomic mass is 9.57. The molecule has 1 heterocycles. The first-order valence-electron chi connectivity index (χ1n) is 4.84. The minimum Gasteiger partial charge on any atom is -0.296 e. The Bertz CT molecular complexity index is 270. The van der Waals surface area contributed by atoms with Gasteiger partial charge in [0, 0.05) is 6.42 Å². The molecule has 0 spiro atoms. The van der Waals surface area contributed by atoms with Gasteiger partial charge in [-0.2, -0.15) is 0 Å². The van der Waals surface area contributed by atoms with Gasteiger partial charge in [-0.1, -0.05) is 13.8 Å². The molecule has 0 aromatic heterocycles. The Hall–Kier alpha value is -0.860. The molecule has 2 unspecified atom stereocenters. The molecule has 1 N–H and O–H groups in total. The van der Waals surface area contributed by atoms with Gasteiger partial charge in [0.15, 0.2) is 0 Å². The third-order valence-corrected chi connectivity index (χ3v) is 3.59. The molecule has 1 saturated carbocycles. The van der Waals surface area contributed by atoms with E-state index in [4.69, 9.17) is 0 Å². The summed E-state index contributed by atoms with van der Waals surface area (Å²) in [4.78, 5) is 22.4. The monoisotopic (exact) mass is 181 g/mol. The lowest BCUT2D eigenvalue weighted by Gasteiger charge is -2.46. The number of hydrogen-bond donors (Lipinski definition) is 1. The van der Waals surface area contributed by atoms with Crippen molar-refractivity contribution in [1.82, 2.24) is 5.32 Å². The molecule has 2 aliphatic rings. The Morgan fingerprint density at radius 1 is 1.38 bits per heavy atom. The average molecular weight is 181 g/mol. The van der Waals surface area contributed by atoms with Crippen molar-refractivity contribution in [2.24, 2.45) is 17.3 Å². The van der Waals surface area contributed by atoms with Crippen molar-refractivity contribution >= 4 is 11.8 Å². The van der Waals surface area contributed by atoms with Gasteiger partial charge in [-0.05, 0) is 24.2 Å². The van der Waals surface area contributed by atoms with Crippen molar-refractivity contribution in [2.75, 3.05) is 0 Å². The van der Waals surface area contributed by atoms with Crippen LogP contribution < -0.4 is 5.32 Å². The van der Waals surface area contributed by atoms with E-state index in [0.717, 1.165) is 6.42 Å². The Morgan fingerprint density at radius 3 is 2.38 bits per heavy atom. The van der Waals surface area contributed by atoms with Gasteiger partial charge in [0.2, 0.25) is 11.8 Å². The van der Waals surface area contributed by atoms with Crippen LogP contribution in [0.3, 0.4) is 0 Å². The molecule has 3 heteroatoms. The smallest absolute Gasteiger partial charge is 0.230 e. The molecule has 0 bridgehead atoms. The molecule has 72 valence electrons. The molecule has 2 amide bonds. The van der Waals surface area contributed by atoms with Gasteiger partial charge in [-0.3, -0.25) is 14.9 Å². The third-order valence-electron chi connectivity index (χ3n) is 3.59. The van der Waals surface area contributed by atoms with Gasteiger partial charge in [0.05, 0.1) is 5.92 Å². The predicted molar refractivity (Wildman–Crippen MR) is 47.8 cm³/mol. The molecular formula is C10H15NO2. The summed E-state index contributed by atoms with van der Waals surface area (Å²) in [6, 6.07) is 0. The first-order chi connectivity index (χ1) is 6.00. The van der Waals surface area contributed by atoms with E-state index < -0.39 is 0 Å². The van der Waals surface area contributed by atoms with Crippen molar-refractivity contribution in [1.29, 1.82) is 0 Å². The molecule has 3 nitrogen and oxygen atoms in total. The lowest BCUT2D eigenvalue weighted by Crippen LogP contribution is -2.42. The Labute approximate surface area is 77.9 Å². The number of carbonyl (C=O) groups is 2. The second kappa shape index (κ2) is 2.56. The topological polar surface area (TPSA) is 46.2 Å². The number of amides is 2. The standard InChI is InChI=1S/C10H15NO2/c1-10(2)4-3-7(10)6-5-8(12)11-9(6)13/h6-7H,3-5H2,1-2H3,(H,11,12,13). The van der Waals surface area contributed by atoms with Crippen molar-refractivity contribution in [3.8, 4) is 0 Å². The van der Waals surface area contributed by atoms with E-state index in [-0.39, 0.29) is 23.1 Å². The van der Waals surface area contributed by atoms with Crippen LogP contribution in [0.1, 0.15) is 33.1 Å². The van der Waals surface area contributed by atoms with E-state index in [9.17, 15) is 9.59 Å². The zero-order valence-electron chi connectivity index (χ0n) is 8.09. The van der Waals surface area contributed by atoms with E-state index in [1.54, 1.807) is 0 Å². The molecule has 0 radical (unpaired) electrons. The molecule has 0 aromatic carbocycles. The number of imide groups is 1. The summed E-state index contributed by atoms with van der Waals surface area (Å²) in [6.45, 7) is 4.36. The maximum absolute atomic E-state index is 11.4. The number of rotatable bonds is 1. The molecule has 2 rings (SSSR count). The van der Waals surface area contributed by atoms with Crippen molar-refractivity contribution in [2.45, 2.75) is 33.1 Å². The van der Waals surface area contributed by atoms with Gasteiger partial charge in [-0.25, -0.2) is 0 Å². The quantitative estimate of drug-likeness (QED) is 0.615. The normalized spacial score (nSPS) is 37.1. The lowest BCUT2D eigenvalue weighted by molar-refractivity contribution is -0.129. The molecule has 1 aliphatic heterocycles. The minimum atomic E-state index is -0.0994. The SMILES string of the molecule is CC1(C)CCC1C1CC(=O)NC1=O. The maximum atomic E-state index is 11.4. The van der Waals surface area contributed by atoms with Gasteiger partial charge in [-0.15, -0.1) is 0 Å². The van der Waals surface area contributed by atoms with Crippen LogP contribution in [0.2, 0.25) is 0 Å². The maximum Gasteiger partial charge on any atom is 0.230 e. The van der Waals surface area contributed by atoms with Gasteiger partial charge < -0.3 is 0 Å². The van der Waals surface area contributed by atoms with Crippen LogP contribution in [-0.4, -0.2) is 11.8 Å². The number of hydrogen-bond acceptors (Lipinski definition) is 2. The Balaban J connectivity index is 2.10. The number of carbonyl (C=O) groups excluding carboxylic acids is 2. The second-order valence-electron chi connectivity index (χ2n) is 4.86. The Morgan fingerprint density at radius 2 is 2.08 bits per heavy atom. The molecule has 1 saturated heterocycles. The fraction of sp³-hybridized carbons (Fsp3) is 0.800. The first kappa shape index (κ1) is 8.73. The average Bonchev–Trinajstić information content (AvgIpc) is 2.29. The number of nitrogens with one attached hydrogen (secondary N) is 1. The van der Waals surface area contributed by atoms with Crippen molar-refractivity contribution in [3.63, 3.8) is 0 Å². The summed E-state index contributed by atoms with van der Waals surface area (Å²) >= 11 is 0. The van der Waals surface area contributed by atoms with Crippen LogP contribution in [0.25, 0.3) is 0 Å². The minimum absolute atomic E-state index is 0.0451. The van der Waals surface area contributed by atoms with Crippen LogP contribution in [0.5, 0.6) is 0 Å². The zero-order valence-corrected chi connectivity index (χ0v) is 8.09. The van der Waals surface area contributed by atoms with Gasteiger partial charge >= 0.3 is 0 Å². The predicted octanol–water partition coefficient (Wildman–Crippen LogP) is 1.09.